The maximum absolute atomic E-state index is 13.5. The number of phenolic OH excluding ortho intramolecular Hbond substituents is 1. The van der Waals surface area contributed by atoms with Crippen LogP contribution in [0, 0.1) is 0 Å². The second-order valence-corrected chi connectivity index (χ2v) is 9.92. The Morgan fingerprint density at radius 2 is 1.97 bits per heavy atom. The zero-order valence-electron chi connectivity index (χ0n) is 18.1. The number of phenols is 1. The maximum Gasteiger partial charge on any atom is 0.337 e. The summed E-state index contributed by atoms with van der Waals surface area (Å²) in [6, 6.07) is 11.0. The molecule has 0 saturated heterocycles. The van der Waals surface area contributed by atoms with E-state index in [0.29, 0.717) is 17.6 Å². The van der Waals surface area contributed by atoms with Gasteiger partial charge in [0.25, 0.3) is 0 Å². The van der Waals surface area contributed by atoms with Crippen molar-refractivity contribution in [2.24, 2.45) is 0 Å². The van der Waals surface area contributed by atoms with Gasteiger partial charge in [0, 0.05) is 40.1 Å². The predicted molar refractivity (Wildman–Crippen MR) is 123 cm³/mol. The monoisotopic (exact) mass is 449 g/mol. The molecule has 3 aliphatic rings. The summed E-state index contributed by atoms with van der Waals surface area (Å²) in [5.41, 5.74) is 3.44. The molecular weight excluding hydrogens is 422 g/mol. The van der Waals surface area contributed by atoms with E-state index < -0.39 is 5.92 Å². The molecule has 2 aromatic rings. The molecule has 5 nitrogen and oxygen atoms in total. The number of aromatic hydroxyl groups is 1. The number of hydrogen-bond donors (Lipinski definition) is 2. The number of rotatable bonds is 4. The van der Waals surface area contributed by atoms with Crippen molar-refractivity contribution in [3.05, 3.63) is 74.8 Å². The second-order valence-electron chi connectivity index (χ2n) is 8.94. The van der Waals surface area contributed by atoms with Gasteiger partial charge >= 0.3 is 5.97 Å². The fourth-order valence-electron chi connectivity index (χ4n) is 5.29. The fourth-order valence-corrected chi connectivity index (χ4v) is 6.12. The molecule has 2 atom stereocenters. The maximum atomic E-state index is 13.5. The molecule has 1 fully saturated rings. The van der Waals surface area contributed by atoms with Gasteiger partial charge in [-0.1, -0.05) is 18.2 Å². The van der Waals surface area contributed by atoms with Crippen molar-refractivity contribution in [2.75, 3.05) is 0 Å². The van der Waals surface area contributed by atoms with Crippen molar-refractivity contribution in [1.29, 1.82) is 0 Å². The summed E-state index contributed by atoms with van der Waals surface area (Å²) in [7, 11) is 0. The van der Waals surface area contributed by atoms with E-state index in [1.54, 1.807) is 29.5 Å². The fraction of sp³-hybridized carbons (Fsp3) is 0.385. The number of thiophene rings is 1. The van der Waals surface area contributed by atoms with Crippen LogP contribution in [0.3, 0.4) is 0 Å². The summed E-state index contributed by atoms with van der Waals surface area (Å²) < 4.78 is 5.87. The first-order valence-corrected chi connectivity index (χ1v) is 12.2. The SMILES string of the molecule is CC1=C(C(=O)OC2CCCC2)[C@@H](c2cccc(O)c2)C2=C(C[C@H](c3cccs3)CC2=O)N1. The van der Waals surface area contributed by atoms with Crippen LogP contribution in [0.5, 0.6) is 5.75 Å². The molecule has 1 aromatic heterocycles. The first-order valence-electron chi connectivity index (χ1n) is 11.3. The largest absolute Gasteiger partial charge is 0.508 e. The van der Waals surface area contributed by atoms with Gasteiger partial charge in [0.1, 0.15) is 11.9 Å². The number of hydrogen-bond acceptors (Lipinski definition) is 6. The summed E-state index contributed by atoms with van der Waals surface area (Å²) >= 11 is 1.67. The lowest BCUT2D eigenvalue weighted by atomic mass is 9.72. The van der Waals surface area contributed by atoms with Gasteiger partial charge in [-0.05, 0) is 68.2 Å². The van der Waals surface area contributed by atoms with Gasteiger partial charge in [0.2, 0.25) is 0 Å². The van der Waals surface area contributed by atoms with Crippen LogP contribution in [0.25, 0.3) is 0 Å². The number of esters is 1. The summed E-state index contributed by atoms with van der Waals surface area (Å²) in [6.45, 7) is 1.88. The molecule has 0 amide bonds. The average Bonchev–Trinajstić information content (AvgIpc) is 3.47. The normalized spacial score (nSPS) is 23.8. The average molecular weight is 450 g/mol. The standard InChI is InChI=1S/C26H27NO4S/c1-15-23(26(30)31-19-8-2-3-9-19)24(16-6-4-7-18(28)12-16)25-20(27-15)13-17(14-21(25)29)22-10-5-11-32-22/h4-7,10-12,17,19,24,27-28H,2-3,8-9,13-14H2,1H3/t17-,24+/m0/s1. The second kappa shape index (κ2) is 8.58. The number of ketones is 1. The summed E-state index contributed by atoms with van der Waals surface area (Å²) in [4.78, 5) is 28.0. The smallest absolute Gasteiger partial charge is 0.337 e. The molecule has 6 heteroatoms. The highest BCUT2D eigenvalue weighted by Crippen LogP contribution is 2.46. The van der Waals surface area contributed by atoms with Crippen LogP contribution in [-0.2, 0) is 14.3 Å². The molecule has 2 heterocycles. The van der Waals surface area contributed by atoms with Crippen LogP contribution < -0.4 is 5.32 Å². The molecule has 2 aliphatic carbocycles. The molecule has 166 valence electrons. The number of carbonyl (C=O) groups is 2. The lowest BCUT2D eigenvalue weighted by Gasteiger charge is -2.36. The Labute approximate surface area is 191 Å². The van der Waals surface area contributed by atoms with E-state index in [2.05, 4.69) is 11.4 Å². The molecule has 1 aliphatic heterocycles. The topological polar surface area (TPSA) is 75.6 Å². The Balaban J connectivity index is 1.55. The minimum absolute atomic E-state index is 0.0455. The Morgan fingerprint density at radius 3 is 2.69 bits per heavy atom. The van der Waals surface area contributed by atoms with E-state index in [9.17, 15) is 14.7 Å². The molecule has 0 radical (unpaired) electrons. The summed E-state index contributed by atoms with van der Waals surface area (Å²) in [5.74, 6) is -0.606. The third kappa shape index (κ3) is 3.88. The highest BCUT2D eigenvalue weighted by molar-refractivity contribution is 7.10. The minimum atomic E-state index is -0.538. The number of carbonyl (C=O) groups excluding carboxylic acids is 2. The van der Waals surface area contributed by atoms with Crippen molar-refractivity contribution in [3.8, 4) is 5.75 Å². The van der Waals surface area contributed by atoms with Gasteiger partial charge in [-0.3, -0.25) is 4.79 Å². The van der Waals surface area contributed by atoms with Gasteiger partial charge in [0.15, 0.2) is 5.78 Å². The Morgan fingerprint density at radius 1 is 1.16 bits per heavy atom. The van der Waals surface area contributed by atoms with Crippen LogP contribution in [-0.4, -0.2) is 23.0 Å². The number of benzene rings is 1. The molecular formula is C26H27NO4S. The quantitative estimate of drug-likeness (QED) is 0.620. The third-order valence-electron chi connectivity index (χ3n) is 6.77. The van der Waals surface area contributed by atoms with E-state index in [4.69, 9.17) is 4.74 Å². The van der Waals surface area contributed by atoms with Crippen molar-refractivity contribution in [2.45, 2.75) is 63.4 Å². The molecule has 2 N–H and O–H groups in total. The van der Waals surface area contributed by atoms with Crippen molar-refractivity contribution < 1.29 is 19.4 Å². The van der Waals surface area contributed by atoms with Gasteiger partial charge in [-0.25, -0.2) is 4.79 Å². The van der Waals surface area contributed by atoms with Gasteiger partial charge in [-0.15, -0.1) is 11.3 Å². The Bertz CT molecular complexity index is 1110. The van der Waals surface area contributed by atoms with Crippen molar-refractivity contribution >= 4 is 23.1 Å². The molecule has 1 aromatic carbocycles. The van der Waals surface area contributed by atoms with Crippen LogP contribution in [0.1, 0.15) is 67.7 Å². The minimum Gasteiger partial charge on any atom is -0.508 e. The Kier molecular flexibility index (Phi) is 5.64. The first-order chi connectivity index (χ1) is 15.5. The zero-order valence-corrected chi connectivity index (χ0v) is 18.9. The molecule has 0 bridgehead atoms. The molecule has 1 saturated carbocycles. The number of allylic oxidation sites excluding steroid dienone is 3. The first kappa shape index (κ1) is 21.0. The Hall–Kier alpha value is -2.86. The summed E-state index contributed by atoms with van der Waals surface area (Å²) in [6.07, 6.45) is 4.99. The van der Waals surface area contributed by atoms with E-state index >= 15 is 0 Å². The van der Waals surface area contributed by atoms with Gasteiger partial charge < -0.3 is 15.2 Å². The van der Waals surface area contributed by atoms with E-state index in [1.165, 1.54) is 4.88 Å². The predicted octanol–water partition coefficient (Wildman–Crippen LogP) is 5.30. The van der Waals surface area contributed by atoms with E-state index in [-0.39, 0.29) is 29.5 Å². The molecule has 0 spiro atoms. The van der Waals surface area contributed by atoms with Crippen LogP contribution >= 0.6 is 11.3 Å². The van der Waals surface area contributed by atoms with Crippen LogP contribution in [0.2, 0.25) is 0 Å². The lowest BCUT2D eigenvalue weighted by molar-refractivity contribution is -0.144. The lowest BCUT2D eigenvalue weighted by Crippen LogP contribution is -2.36. The van der Waals surface area contributed by atoms with Crippen molar-refractivity contribution in [1.82, 2.24) is 5.32 Å². The van der Waals surface area contributed by atoms with E-state index in [1.807, 2.05) is 24.4 Å². The molecule has 5 rings (SSSR count). The molecule has 32 heavy (non-hydrogen) atoms. The third-order valence-corrected chi connectivity index (χ3v) is 7.81. The molecule has 0 unspecified atom stereocenters. The number of dihydropyridines is 1. The van der Waals surface area contributed by atoms with Crippen LogP contribution in [0.15, 0.2) is 64.3 Å². The number of nitrogens with one attached hydrogen (secondary N) is 1. The van der Waals surface area contributed by atoms with E-state index in [0.717, 1.165) is 49.1 Å². The highest BCUT2D eigenvalue weighted by atomic mass is 32.1. The van der Waals surface area contributed by atoms with Crippen LogP contribution in [0.4, 0.5) is 0 Å². The van der Waals surface area contributed by atoms with Crippen molar-refractivity contribution in [3.63, 3.8) is 0 Å². The van der Waals surface area contributed by atoms with Gasteiger partial charge in [0.05, 0.1) is 5.57 Å². The highest BCUT2D eigenvalue weighted by Gasteiger charge is 2.42. The summed E-state index contributed by atoms with van der Waals surface area (Å²) in [5, 5.41) is 15.6. The number of Topliss-reactive ketones (excluding diaryl/α,β-unsaturated/α-hetero) is 1. The zero-order chi connectivity index (χ0) is 22.2. The van der Waals surface area contributed by atoms with Gasteiger partial charge in [-0.2, -0.15) is 0 Å². The number of ether oxygens (including phenoxy) is 1.